The number of nitrogens with one attached hydrogen (secondary N) is 1. The van der Waals surface area contributed by atoms with E-state index in [4.69, 9.17) is 11.6 Å². The molecule has 0 aliphatic carbocycles. The van der Waals surface area contributed by atoms with Crippen molar-refractivity contribution >= 4 is 34.8 Å². The van der Waals surface area contributed by atoms with Crippen molar-refractivity contribution < 1.29 is 22.8 Å². The molecule has 0 heterocycles. The van der Waals surface area contributed by atoms with E-state index in [-0.39, 0.29) is 30.9 Å². The molecule has 2 aromatic carbocycles. The van der Waals surface area contributed by atoms with Crippen LogP contribution in [0.2, 0.25) is 5.02 Å². The molecule has 1 N–H and O–H groups in total. The van der Waals surface area contributed by atoms with E-state index in [1.165, 1.54) is 11.0 Å². The Bertz CT molecular complexity index is 810. The predicted molar refractivity (Wildman–Crippen MR) is 98.8 cm³/mol. The zero-order valence-electron chi connectivity index (χ0n) is 14.5. The van der Waals surface area contributed by atoms with Gasteiger partial charge in [-0.1, -0.05) is 29.8 Å². The van der Waals surface area contributed by atoms with Crippen molar-refractivity contribution in [1.29, 1.82) is 0 Å². The largest absolute Gasteiger partial charge is 0.417 e. The molecular weight excluding hydrogens is 381 g/mol. The first-order valence-electron chi connectivity index (χ1n) is 8.16. The molecule has 27 heavy (non-hydrogen) atoms. The Kier molecular flexibility index (Phi) is 6.85. The summed E-state index contributed by atoms with van der Waals surface area (Å²) in [4.78, 5) is 25.6. The summed E-state index contributed by atoms with van der Waals surface area (Å²) in [6.07, 6.45) is -4.17. The van der Waals surface area contributed by atoms with E-state index in [0.717, 1.165) is 17.8 Å². The number of nitrogens with zero attached hydrogens (tertiary/aromatic N) is 1. The van der Waals surface area contributed by atoms with Gasteiger partial charge < -0.3 is 10.2 Å². The lowest BCUT2D eigenvalue weighted by atomic mass is 10.1. The number of rotatable bonds is 6. The Balaban J connectivity index is 1.85. The second-order valence-electron chi connectivity index (χ2n) is 5.88. The standard InChI is InChI=1S/C19H18ClF3N2O2/c1-25(14-6-3-2-4-7-14)18(27)9-5-8-17(26)24-13-10-11-16(20)15(12-13)19(21,22)23/h2-4,6-7,10-12H,5,8-9H2,1H3,(H,24,26). The fourth-order valence-electron chi connectivity index (χ4n) is 2.41. The lowest BCUT2D eigenvalue weighted by Gasteiger charge is -2.17. The van der Waals surface area contributed by atoms with Crippen LogP contribution < -0.4 is 10.2 Å². The molecule has 0 aliphatic heterocycles. The number of hydrogen-bond donors (Lipinski definition) is 1. The van der Waals surface area contributed by atoms with Crippen molar-refractivity contribution in [1.82, 2.24) is 0 Å². The van der Waals surface area contributed by atoms with E-state index in [1.807, 2.05) is 18.2 Å². The molecule has 0 aromatic heterocycles. The summed E-state index contributed by atoms with van der Waals surface area (Å²) in [5.41, 5.74) is -0.265. The number of carbonyl (C=O) groups excluding carboxylic acids is 2. The van der Waals surface area contributed by atoms with Crippen LogP contribution >= 0.6 is 11.6 Å². The fourth-order valence-corrected chi connectivity index (χ4v) is 2.63. The maximum atomic E-state index is 12.8. The molecule has 8 heteroatoms. The molecule has 4 nitrogen and oxygen atoms in total. The van der Waals surface area contributed by atoms with E-state index < -0.39 is 22.7 Å². The first-order valence-corrected chi connectivity index (χ1v) is 8.54. The van der Waals surface area contributed by atoms with Gasteiger partial charge in [0.2, 0.25) is 11.8 Å². The predicted octanol–water partition coefficient (Wildman–Crippen LogP) is 5.13. The molecule has 2 amide bonds. The first kappa shape index (κ1) is 20.8. The summed E-state index contributed by atoms with van der Waals surface area (Å²) < 4.78 is 38.5. The van der Waals surface area contributed by atoms with Crippen LogP contribution in [0.1, 0.15) is 24.8 Å². The van der Waals surface area contributed by atoms with Crippen LogP contribution in [0, 0.1) is 0 Å². The first-order chi connectivity index (χ1) is 12.7. The zero-order chi connectivity index (χ0) is 20.0. The number of hydrogen-bond acceptors (Lipinski definition) is 2. The third kappa shape index (κ3) is 5.99. The summed E-state index contributed by atoms with van der Waals surface area (Å²) in [6.45, 7) is 0. The van der Waals surface area contributed by atoms with E-state index in [0.29, 0.717) is 0 Å². The van der Waals surface area contributed by atoms with Gasteiger partial charge in [-0.05, 0) is 36.8 Å². The lowest BCUT2D eigenvalue weighted by Crippen LogP contribution is -2.26. The summed E-state index contributed by atoms with van der Waals surface area (Å²) in [6, 6.07) is 12.2. The van der Waals surface area contributed by atoms with Gasteiger partial charge >= 0.3 is 6.18 Å². The van der Waals surface area contributed by atoms with Crippen LogP contribution in [0.5, 0.6) is 0 Å². The van der Waals surface area contributed by atoms with Crippen molar-refractivity contribution in [2.75, 3.05) is 17.3 Å². The van der Waals surface area contributed by atoms with E-state index in [2.05, 4.69) is 5.32 Å². The number of anilines is 2. The molecule has 2 aromatic rings. The normalized spacial score (nSPS) is 11.1. The number of alkyl halides is 3. The second kappa shape index (κ2) is 8.90. The lowest BCUT2D eigenvalue weighted by molar-refractivity contribution is -0.137. The molecule has 0 bridgehead atoms. The molecule has 0 radical (unpaired) electrons. The van der Waals surface area contributed by atoms with Crippen LogP contribution in [0.3, 0.4) is 0 Å². The quantitative estimate of drug-likeness (QED) is 0.733. The Hall–Kier alpha value is -2.54. The molecule has 0 saturated carbocycles. The van der Waals surface area contributed by atoms with Gasteiger partial charge in [0.05, 0.1) is 10.6 Å². The number of benzene rings is 2. The molecule has 0 saturated heterocycles. The Morgan fingerprint density at radius 3 is 2.37 bits per heavy atom. The van der Waals surface area contributed by atoms with E-state index in [1.54, 1.807) is 19.2 Å². The van der Waals surface area contributed by atoms with Crippen molar-refractivity contribution in [2.45, 2.75) is 25.4 Å². The van der Waals surface area contributed by atoms with E-state index in [9.17, 15) is 22.8 Å². The van der Waals surface area contributed by atoms with Crippen molar-refractivity contribution in [2.24, 2.45) is 0 Å². The topological polar surface area (TPSA) is 49.4 Å². The number of halogens is 4. The highest BCUT2D eigenvalue weighted by atomic mass is 35.5. The Morgan fingerprint density at radius 2 is 1.74 bits per heavy atom. The van der Waals surface area contributed by atoms with Gasteiger partial charge in [0, 0.05) is 31.3 Å². The van der Waals surface area contributed by atoms with Crippen molar-refractivity contribution in [3.63, 3.8) is 0 Å². The van der Waals surface area contributed by atoms with Crippen molar-refractivity contribution in [3.8, 4) is 0 Å². The van der Waals surface area contributed by atoms with Gasteiger partial charge in [0.25, 0.3) is 0 Å². The van der Waals surface area contributed by atoms with Crippen LogP contribution in [0.4, 0.5) is 24.5 Å². The molecule has 0 aliphatic rings. The van der Waals surface area contributed by atoms with Gasteiger partial charge in [-0.25, -0.2) is 0 Å². The van der Waals surface area contributed by atoms with Crippen LogP contribution in [0.25, 0.3) is 0 Å². The van der Waals surface area contributed by atoms with Gasteiger partial charge in [-0.3, -0.25) is 9.59 Å². The molecule has 2 rings (SSSR count). The monoisotopic (exact) mass is 398 g/mol. The molecular formula is C19H18ClF3N2O2. The number of amides is 2. The average molecular weight is 399 g/mol. The average Bonchev–Trinajstić information content (AvgIpc) is 2.62. The summed E-state index contributed by atoms with van der Waals surface area (Å²) in [5.74, 6) is -0.625. The minimum atomic E-state index is -4.60. The highest BCUT2D eigenvalue weighted by molar-refractivity contribution is 6.31. The molecule has 144 valence electrons. The number of para-hydroxylation sites is 1. The summed E-state index contributed by atoms with van der Waals surface area (Å²) in [5, 5.41) is 1.96. The van der Waals surface area contributed by atoms with Crippen LogP contribution in [-0.4, -0.2) is 18.9 Å². The minimum absolute atomic E-state index is 0.00413. The molecule has 0 spiro atoms. The summed E-state index contributed by atoms with van der Waals surface area (Å²) in [7, 11) is 1.64. The highest BCUT2D eigenvalue weighted by Crippen LogP contribution is 2.36. The second-order valence-corrected chi connectivity index (χ2v) is 6.29. The molecule has 0 unspecified atom stereocenters. The van der Waals surface area contributed by atoms with Gasteiger partial charge in [0.15, 0.2) is 0 Å². The third-order valence-corrected chi connectivity index (χ3v) is 4.20. The van der Waals surface area contributed by atoms with Crippen LogP contribution in [-0.2, 0) is 15.8 Å². The number of carbonyl (C=O) groups is 2. The highest BCUT2D eigenvalue weighted by Gasteiger charge is 2.33. The maximum absolute atomic E-state index is 12.8. The zero-order valence-corrected chi connectivity index (χ0v) is 15.3. The van der Waals surface area contributed by atoms with Crippen molar-refractivity contribution in [3.05, 3.63) is 59.1 Å². The Morgan fingerprint density at radius 1 is 1.07 bits per heavy atom. The van der Waals surface area contributed by atoms with Gasteiger partial charge in [-0.2, -0.15) is 13.2 Å². The van der Waals surface area contributed by atoms with Gasteiger partial charge in [0.1, 0.15) is 0 Å². The SMILES string of the molecule is CN(C(=O)CCCC(=O)Nc1ccc(Cl)c(C(F)(F)F)c1)c1ccccc1. The molecule has 0 atom stereocenters. The minimum Gasteiger partial charge on any atom is -0.326 e. The van der Waals surface area contributed by atoms with Crippen LogP contribution in [0.15, 0.2) is 48.5 Å². The summed E-state index contributed by atoms with van der Waals surface area (Å²) >= 11 is 5.54. The maximum Gasteiger partial charge on any atom is 0.417 e. The smallest absolute Gasteiger partial charge is 0.326 e. The molecule has 0 fully saturated rings. The fraction of sp³-hybridized carbons (Fsp3) is 0.263. The third-order valence-electron chi connectivity index (χ3n) is 3.87. The van der Waals surface area contributed by atoms with E-state index >= 15 is 0 Å². The Labute approximate surface area is 159 Å². The van der Waals surface area contributed by atoms with Gasteiger partial charge in [-0.15, -0.1) is 0 Å².